The summed E-state index contributed by atoms with van der Waals surface area (Å²) < 4.78 is 18.2. The highest BCUT2D eigenvalue weighted by Gasteiger charge is 2.09. The number of hydrogen-bond donors (Lipinski definition) is 1. The summed E-state index contributed by atoms with van der Waals surface area (Å²) in [5, 5.41) is 0. The van der Waals surface area contributed by atoms with Crippen molar-refractivity contribution in [2.45, 2.75) is 4.90 Å². The molecular formula is C15H14FNO2S. The number of rotatable bonds is 5. The monoisotopic (exact) mass is 291 g/mol. The van der Waals surface area contributed by atoms with Crippen LogP contribution in [0.15, 0.2) is 53.4 Å². The molecule has 0 aliphatic rings. The molecule has 0 heterocycles. The lowest BCUT2D eigenvalue weighted by molar-refractivity contribution is 0.0530. The number of nitrogens with two attached hydrogens (primary N) is 1. The molecule has 0 saturated carbocycles. The normalized spacial score (nSPS) is 10.2. The van der Waals surface area contributed by atoms with Crippen LogP contribution in [0.1, 0.15) is 10.4 Å². The lowest BCUT2D eigenvalue weighted by Gasteiger charge is -2.06. The van der Waals surface area contributed by atoms with Crippen LogP contribution < -0.4 is 5.73 Å². The van der Waals surface area contributed by atoms with E-state index in [0.29, 0.717) is 5.75 Å². The lowest BCUT2D eigenvalue weighted by Crippen LogP contribution is -2.08. The Kier molecular flexibility index (Phi) is 5.01. The molecule has 2 aromatic rings. The second-order valence-electron chi connectivity index (χ2n) is 4.07. The van der Waals surface area contributed by atoms with Gasteiger partial charge in [-0.1, -0.05) is 18.2 Å². The molecular weight excluding hydrogens is 277 g/mol. The van der Waals surface area contributed by atoms with E-state index in [-0.39, 0.29) is 17.9 Å². The van der Waals surface area contributed by atoms with Crippen LogP contribution in [0.25, 0.3) is 0 Å². The van der Waals surface area contributed by atoms with Crippen molar-refractivity contribution in [2.24, 2.45) is 0 Å². The highest BCUT2D eigenvalue weighted by molar-refractivity contribution is 7.99. The van der Waals surface area contributed by atoms with Gasteiger partial charge < -0.3 is 10.5 Å². The summed E-state index contributed by atoms with van der Waals surface area (Å²) in [6.07, 6.45) is 0. The summed E-state index contributed by atoms with van der Waals surface area (Å²) >= 11 is 1.59. The number of benzene rings is 2. The highest BCUT2D eigenvalue weighted by atomic mass is 32.2. The minimum atomic E-state index is -0.565. The molecule has 0 amide bonds. The first-order valence-electron chi connectivity index (χ1n) is 6.06. The molecule has 0 unspecified atom stereocenters. The third-order valence-corrected chi connectivity index (χ3v) is 3.46. The van der Waals surface area contributed by atoms with Gasteiger partial charge in [-0.15, -0.1) is 11.8 Å². The molecule has 3 nitrogen and oxygen atoms in total. The largest absolute Gasteiger partial charge is 0.461 e. The molecule has 0 radical (unpaired) electrons. The number of carbonyl (C=O) groups excluding carboxylic acids is 1. The Morgan fingerprint density at radius 1 is 1.20 bits per heavy atom. The molecule has 0 aromatic heterocycles. The molecule has 104 valence electrons. The van der Waals surface area contributed by atoms with Crippen LogP contribution in [0, 0.1) is 5.82 Å². The van der Waals surface area contributed by atoms with Gasteiger partial charge in [-0.25, -0.2) is 9.18 Å². The smallest absolute Gasteiger partial charge is 0.338 e. The summed E-state index contributed by atoms with van der Waals surface area (Å²) in [5.74, 6) is -0.471. The fourth-order valence-electron chi connectivity index (χ4n) is 1.62. The average Bonchev–Trinajstić information content (AvgIpc) is 2.43. The van der Waals surface area contributed by atoms with Crippen molar-refractivity contribution in [3.63, 3.8) is 0 Å². The fraction of sp³-hybridized carbons (Fsp3) is 0.133. The number of nitrogen functional groups attached to an aromatic ring is 1. The second-order valence-corrected chi connectivity index (χ2v) is 5.24. The number of halogens is 1. The van der Waals surface area contributed by atoms with E-state index >= 15 is 0 Å². The van der Waals surface area contributed by atoms with Crippen molar-refractivity contribution in [3.05, 3.63) is 59.9 Å². The second kappa shape index (κ2) is 6.96. The van der Waals surface area contributed by atoms with E-state index in [1.165, 1.54) is 6.07 Å². The van der Waals surface area contributed by atoms with E-state index in [1.807, 2.05) is 30.3 Å². The Bertz CT molecular complexity index is 569. The molecule has 0 atom stereocenters. The first kappa shape index (κ1) is 14.4. The van der Waals surface area contributed by atoms with Gasteiger partial charge in [-0.2, -0.15) is 0 Å². The maximum absolute atomic E-state index is 13.1. The summed E-state index contributed by atoms with van der Waals surface area (Å²) in [7, 11) is 0. The van der Waals surface area contributed by atoms with Gasteiger partial charge in [-0.05, 0) is 30.3 Å². The summed E-state index contributed by atoms with van der Waals surface area (Å²) in [5.41, 5.74) is 5.81. The molecule has 0 bridgehead atoms. The van der Waals surface area contributed by atoms with Crippen LogP contribution in [-0.2, 0) is 4.74 Å². The number of hydrogen-bond acceptors (Lipinski definition) is 4. The van der Waals surface area contributed by atoms with Gasteiger partial charge in [0.1, 0.15) is 12.4 Å². The lowest BCUT2D eigenvalue weighted by atomic mass is 10.2. The van der Waals surface area contributed by atoms with Gasteiger partial charge in [0.2, 0.25) is 0 Å². The van der Waals surface area contributed by atoms with Crippen LogP contribution >= 0.6 is 11.8 Å². The minimum absolute atomic E-state index is 0.132. The van der Waals surface area contributed by atoms with E-state index < -0.39 is 11.8 Å². The average molecular weight is 291 g/mol. The Morgan fingerprint density at radius 2 is 1.95 bits per heavy atom. The molecule has 2 N–H and O–H groups in total. The SMILES string of the molecule is Nc1cc(F)cc(C(=O)OCCSc2ccccc2)c1. The summed E-state index contributed by atoms with van der Waals surface area (Å²) in [6, 6.07) is 13.5. The Morgan fingerprint density at radius 3 is 2.65 bits per heavy atom. The van der Waals surface area contributed by atoms with Gasteiger partial charge in [0.05, 0.1) is 5.56 Å². The molecule has 0 fully saturated rings. The third kappa shape index (κ3) is 4.28. The van der Waals surface area contributed by atoms with Crippen molar-refractivity contribution in [2.75, 3.05) is 18.1 Å². The first-order valence-corrected chi connectivity index (χ1v) is 7.05. The predicted octanol–water partition coefficient (Wildman–Crippen LogP) is 3.36. The fourth-order valence-corrected chi connectivity index (χ4v) is 2.38. The zero-order chi connectivity index (χ0) is 14.4. The van der Waals surface area contributed by atoms with Crippen LogP contribution in [-0.4, -0.2) is 18.3 Å². The van der Waals surface area contributed by atoms with Gasteiger partial charge in [0, 0.05) is 16.3 Å². The van der Waals surface area contributed by atoms with E-state index in [0.717, 1.165) is 17.0 Å². The zero-order valence-electron chi connectivity index (χ0n) is 10.7. The molecule has 2 rings (SSSR count). The number of anilines is 1. The van der Waals surface area contributed by atoms with Gasteiger partial charge in [-0.3, -0.25) is 0 Å². The maximum atomic E-state index is 13.1. The standard InChI is InChI=1S/C15H14FNO2S/c16-12-8-11(9-13(17)10-12)15(18)19-6-7-20-14-4-2-1-3-5-14/h1-5,8-10H,6-7,17H2. The number of ether oxygens (including phenoxy) is 1. The molecule has 2 aromatic carbocycles. The van der Waals surface area contributed by atoms with Gasteiger partial charge in [0.15, 0.2) is 0 Å². The summed E-state index contributed by atoms with van der Waals surface area (Å²) in [6.45, 7) is 0.259. The zero-order valence-corrected chi connectivity index (χ0v) is 11.5. The summed E-state index contributed by atoms with van der Waals surface area (Å²) in [4.78, 5) is 12.8. The van der Waals surface area contributed by atoms with Crippen LogP contribution in [0.4, 0.5) is 10.1 Å². The van der Waals surface area contributed by atoms with Crippen molar-refractivity contribution >= 4 is 23.4 Å². The van der Waals surface area contributed by atoms with Gasteiger partial charge >= 0.3 is 5.97 Å². The topological polar surface area (TPSA) is 52.3 Å². The van der Waals surface area contributed by atoms with Crippen molar-refractivity contribution in [3.8, 4) is 0 Å². The maximum Gasteiger partial charge on any atom is 0.338 e. The number of carbonyl (C=O) groups is 1. The Labute approximate surface area is 120 Å². The van der Waals surface area contributed by atoms with E-state index in [1.54, 1.807) is 11.8 Å². The van der Waals surface area contributed by atoms with Gasteiger partial charge in [0.25, 0.3) is 0 Å². The third-order valence-electron chi connectivity index (χ3n) is 2.48. The van der Waals surface area contributed by atoms with Crippen LogP contribution in [0.2, 0.25) is 0 Å². The quantitative estimate of drug-likeness (QED) is 0.397. The van der Waals surface area contributed by atoms with Crippen molar-refractivity contribution < 1.29 is 13.9 Å². The highest BCUT2D eigenvalue weighted by Crippen LogP contribution is 2.17. The predicted molar refractivity (Wildman–Crippen MR) is 78.3 cm³/mol. The van der Waals surface area contributed by atoms with Crippen LogP contribution in [0.5, 0.6) is 0 Å². The number of thioether (sulfide) groups is 1. The van der Waals surface area contributed by atoms with Crippen molar-refractivity contribution in [1.29, 1.82) is 0 Å². The minimum Gasteiger partial charge on any atom is -0.461 e. The molecule has 0 aliphatic carbocycles. The van der Waals surface area contributed by atoms with Crippen LogP contribution in [0.3, 0.4) is 0 Å². The van der Waals surface area contributed by atoms with E-state index in [9.17, 15) is 9.18 Å². The van der Waals surface area contributed by atoms with E-state index in [4.69, 9.17) is 10.5 Å². The Balaban J connectivity index is 1.80. The number of esters is 1. The molecule has 20 heavy (non-hydrogen) atoms. The Hall–Kier alpha value is -2.01. The van der Waals surface area contributed by atoms with Crippen molar-refractivity contribution in [1.82, 2.24) is 0 Å². The van der Waals surface area contributed by atoms with E-state index in [2.05, 4.69) is 0 Å². The molecule has 5 heteroatoms. The molecule has 0 aliphatic heterocycles. The first-order chi connectivity index (χ1) is 9.65. The molecule has 0 spiro atoms. The molecule has 0 saturated heterocycles.